The number of hydrogen-bond donors (Lipinski definition) is 1. The molecule has 8 nitrogen and oxygen atoms in total. The molecule has 0 aliphatic carbocycles. The molecule has 0 unspecified atom stereocenters. The highest BCUT2D eigenvalue weighted by Gasteiger charge is 2.66. The Hall–Kier alpha value is -4.31. The summed E-state index contributed by atoms with van der Waals surface area (Å²) in [5.74, 6) is 0.468. The third-order valence-corrected chi connectivity index (χ3v) is 15.2. The van der Waals surface area contributed by atoms with Crippen LogP contribution in [0.5, 0.6) is 5.75 Å². The van der Waals surface area contributed by atoms with Crippen LogP contribution in [-0.2, 0) is 15.1 Å². The molecule has 4 atom stereocenters. The molecule has 1 aromatic heterocycles. The number of amides is 1. The van der Waals surface area contributed by atoms with E-state index in [1.807, 2.05) is 53.4 Å². The fourth-order valence-corrected chi connectivity index (χ4v) is 12.3. The predicted octanol–water partition coefficient (Wildman–Crippen LogP) is 7.03. The summed E-state index contributed by atoms with van der Waals surface area (Å²) in [6.45, 7) is 13.5. The average Bonchev–Trinajstić information content (AvgIpc) is 3.53. The molecule has 0 radical (unpaired) electrons. The van der Waals surface area contributed by atoms with Crippen molar-refractivity contribution in [1.82, 2.24) is 9.78 Å². The molecule has 1 saturated heterocycles. The molecule has 2 aliphatic rings. The van der Waals surface area contributed by atoms with E-state index in [0.29, 0.717) is 24.0 Å². The highest BCUT2D eigenvalue weighted by Crippen LogP contribution is 2.60. The molecule has 6 rings (SSSR count). The molecular formula is C41H49N3O5Si. The Morgan fingerprint density at radius 1 is 1.04 bits per heavy atom. The van der Waals surface area contributed by atoms with E-state index in [9.17, 15) is 9.90 Å². The standard InChI is InChI=1S/C41H49N3O5Si/c1-27(2)11-10-12-28(3)21-23-43-36-20-15-31(44-39(46)34-14-9-8-13-30(34)26-42-44)25-35(36)41(40(43)47)29(4)38(37(49-41)22-24-45)50(6,7)33-18-16-32(48-5)17-19-33/h8-9,11,13-21,25-26,29,37-38,45H,10,12,22-24H2,1-7H3/b28-21+/t29-,37+,38-,41+/m0/s1. The SMILES string of the molecule is COc1ccc([Si](C)(C)[C@@H]2[C@@H](CCO)O[C@]3(C(=O)N(C/C=C(\C)CCC=C(C)C)c4ccc(-n5ncc6ccccc6c5=O)cc43)[C@H]2C)cc1. The lowest BCUT2D eigenvalue weighted by molar-refractivity contribution is -0.146. The van der Waals surface area contributed by atoms with Gasteiger partial charge in [-0.2, -0.15) is 9.78 Å². The smallest absolute Gasteiger partial charge is 0.279 e. The molecule has 0 bridgehead atoms. The van der Waals surface area contributed by atoms with Crippen LogP contribution < -0.4 is 20.4 Å². The fourth-order valence-electron chi connectivity index (χ4n) is 8.22. The van der Waals surface area contributed by atoms with Crippen molar-refractivity contribution in [3.8, 4) is 11.4 Å². The van der Waals surface area contributed by atoms with Gasteiger partial charge in [-0.3, -0.25) is 9.59 Å². The normalized spacial score (nSPS) is 22.0. The lowest BCUT2D eigenvalue weighted by Crippen LogP contribution is -2.52. The van der Waals surface area contributed by atoms with Gasteiger partial charge in [0.2, 0.25) is 0 Å². The van der Waals surface area contributed by atoms with Crippen LogP contribution in [0.3, 0.4) is 0 Å². The van der Waals surface area contributed by atoms with Crippen molar-refractivity contribution in [2.45, 2.75) is 77.3 Å². The first-order valence-electron chi connectivity index (χ1n) is 17.6. The number of benzene rings is 3. The van der Waals surface area contributed by atoms with E-state index >= 15 is 4.79 Å². The van der Waals surface area contributed by atoms with Crippen LogP contribution in [0.2, 0.25) is 18.6 Å². The zero-order valence-corrected chi connectivity index (χ0v) is 31.3. The molecule has 1 N–H and O–H groups in total. The Labute approximate surface area is 296 Å². The van der Waals surface area contributed by atoms with Crippen LogP contribution in [0.25, 0.3) is 16.5 Å². The van der Waals surface area contributed by atoms with Crippen molar-refractivity contribution < 1.29 is 19.4 Å². The lowest BCUT2D eigenvalue weighted by Gasteiger charge is -2.37. The van der Waals surface area contributed by atoms with E-state index in [1.54, 1.807) is 19.4 Å². The third kappa shape index (κ3) is 6.16. The zero-order chi connectivity index (χ0) is 35.8. The number of methoxy groups -OCH3 is 1. The number of aromatic nitrogens is 2. The summed E-state index contributed by atoms with van der Waals surface area (Å²) in [4.78, 5) is 30.6. The molecule has 1 spiro atoms. The van der Waals surface area contributed by atoms with Crippen molar-refractivity contribution in [3.63, 3.8) is 0 Å². The minimum atomic E-state index is -2.34. The number of nitrogens with zero attached hydrogens (tertiary/aromatic N) is 3. The van der Waals surface area contributed by atoms with E-state index in [4.69, 9.17) is 9.47 Å². The van der Waals surface area contributed by atoms with Gasteiger partial charge < -0.3 is 19.5 Å². The van der Waals surface area contributed by atoms with Gasteiger partial charge in [0.15, 0.2) is 5.60 Å². The van der Waals surface area contributed by atoms with Gasteiger partial charge in [0.25, 0.3) is 11.5 Å². The van der Waals surface area contributed by atoms with E-state index in [2.05, 4.69) is 70.2 Å². The molecule has 9 heteroatoms. The maximum atomic E-state index is 15.1. The van der Waals surface area contributed by atoms with Crippen molar-refractivity contribution in [1.29, 1.82) is 0 Å². The van der Waals surface area contributed by atoms with Crippen molar-refractivity contribution in [2.75, 3.05) is 25.2 Å². The molecule has 50 heavy (non-hydrogen) atoms. The number of carbonyl (C=O) groups is 1. The van der Waals surface area contributed by atoms with Crippen LogP contribution >= 0.6 is 0 Å². The first-order chi connectivity index (χ1) is 23.9. The summed E-state index contributed by atoms with van der Waals surface area (Å²) in [5, 5.41) is 17.4. The number of fused-ring (bicyclic) bond motifs is 3. The highest BCUT2D eigenvalue weighted by molar-refractivity contribution is 6.91. The molecule has 3 heterocycles. The minimum absolute atomic E-state index is 0.00585. The molecule has 1 fully saturated rings. The van der Waals surface area contributed by atoms with Crippen molar-refractivity contribution in [3.05, 3.63) is 112 Å². The number of anilines is 1. The summed E-state index contributed by atoms with van der Waals surface area (Å²) in [6.07, 6.45) is 8.01. The zero-order valence-electron chi connectivity index (χ0n) is 30.3. The van der Waals surface area contributed by atoms with Crippen LogP contribution in [0.1, 0.15) is 52.5 Å². The number of carbonyl (C=O) groups excluding carboxylic acids is 1. The van der Waals surface area contributed by atoms with E-state index in [0.717, 1.165) is 35.2 Å². The van der Waals surface area contributed by atoms with E-state index < -0.39 is 13.7 Å². The number of allylic oxidation sites excluding steroid dienone is 3. The summed E-state index contributed by atoms with van der Waals surface area (Å²) in [6, 6.07) is 21.4. The number of hydrogen-bond acceptors (Lipinski definition) is 6. The molecule has 2 aliphatic heterocycles. The van der Waals surface area contributed by atoms with Gasteiger partial charge in [-0.1, -0.05) is 78.8 Å². The maximum absolute atomic E-state index is 15.1. The topological polar surface area (TPSA) is 93.9 Å². The highest BCUT2D eigenvalue weighted by atomic mass is 28.3. The van der Waals surface area contributed by atoms with Gasteiger partial charge >= 0.3 is 0 Å². The number of rotatable bonds is 11. The van der Waals surface area contributed by atoms with Crippen molar-refractivity contribution >= 4 is 35.6 Å². The molecule has 3 aromatic carbocycles. The summed E-state index contributed by atoms with van der Waals surface area (Å²) in [5.41, 5.74) is 3.09. The van der Waals surface area contributed by atoms with Crippen LogP contribution in [0, 0.1) is 5.92 Å². The number of ether oxygens (including phenoxy) is 2. The van der Waals surface area contributed by atoms with E-state index in [1.165, 1.54) is 21.0 Å². The second-order valence-electron chi connectivity index (χ2n) is 14.6. The molecule has 4 aromatic rings. The molecule has 262 valence electrons. The average molecular weight is 692 g/mol. The Bertz CT molecular complexity index is 2010. The van der Waals surface area contributed by atoms with E-state index in [-0.39, 0.29) is 35.6 Å². The van der Waals surface area contributed by atoms with Crippen molar-refractivity contribution in [2.24, 2.45) is 5.92 Å². The predicted molar refractivity (Wildman–Crippen MR) is 203 cm³/mol. The fraction of sp³-hybridized carbons (Fsp3) is 0.390. The van der Waals surface area contributed by atoms with Gasteiger partial charge in [0, 0.05) is 30.0 Å². The maximum Gasteiger partial charge on any atom is 0.279 e. The Balaban J connectivity index is 1.48. The summed E-state index contributed by atoms with van der Waals surface area (Å²) >= 11 is 0. The van der Waals surface area contributed by atoms with Crippen LogP contribution in [0.15, 0.2) is 101 Å². The van der Waals surface area contributed by atoms with Crippen LogP contribution in [0.4, 0.5) is 5.69 Å². The van der Waals surface area contributed by atoms with Gasteiger partial charge in [-0.15, -0.1) is 0 Å². The Morgan fingerprint density at radius 2 is 1.78 bits per heavy atom. The second kappa shape index (κ2) is 14.1. The van der Waals surface area contributed by atoms with Gasteiger partial charge in [-0.05, 0) is 82.0 Å². The van der Waals surface area contributed by atoms with Gasteiger partial charge in [0.05, 0.1) is 44.2 Å². The number of aliphatic hydroxyl groups excluding tert-OH is 1. The molecule has 1 amide bonds. The molecular weight excluding hydrogens is 643 g/mol. The largest absolute Gasteiger partial charge is 0.497 e. The second-order valence-corrected chi connectivity index (χ2v) is 19.3. The van der Waals surface area contributed by atoms with Gasteiger partial charge in [0.1, 0.15) is 5.75 Å². The Kier molecular flexibility index (Phi) is 10.0. The first kappa shape index (κ1) is 35.5. The molecule has 0 saturated carbocycles. The quantitative estimate of drug-likeness (QED) is 0.134. The minimum Gasteiger partial charge on any atom is -0.497 e. The first-order valence-corrected chi connectivity index (χ1v) is 20.7. The summed E-state index contributed by atoms with van der Waals surface area (Å²) in [7, 11) is -0.674. The third-order valence-electron chi connectivity index (χ3n) is 10.9. The van der Waals surface area contributed by atoms with Crippen LogP contribution in [-0.4, -0.2) is 55.2 Å². The van der Waals surface area contributed by atoms with Gasteiger partial charge in [-0.25, -0.2) is 0 Å². The number of aliphatic hydroxyl groups is 1. The lowest BCUT2D eigenvalue weighted by atomic mass is 9.82. The Morgan fingerprint density at radius 3 is 2.48 bits per heavy atom. The summed E-state index contributed by atoms with van der Waals surface area (Å²) < 4.78 is 14.0. The monoisotopic (exact) mass is 691 g/mol.